The lowest BCUT2D eigenvalue weighted by Gasteiger charge is -2.11. The molecule has 84 valence electrons. The van der Waals surface area contributed by atoms with E-state index < -0.39 is 11.9 Å². The molecular weight excluding hydrogens is 231 g/mol. The highest BCUT2D eigenvalue weighted by Crippen LogP contribution is 2.27. The number of aliphatic hydroxyl groups is 1. The highest BCUT2D eigenvalue weighted by molar-refractivity contribution is 6.31. The van der Waals surface area contributed by atoms with Gasteiger partial charge in [-0.15, -0.1) is 0 Å². The van der Waals surface area contributed by atoms with Crippen molar-refractivity contribution in [3.05, 3.63) is 52.8 Å². The van der Waals surface area contributed by atoms with Crippen LogP contribution < -0.4 is 0 Å². The van der Waals surface area contributed by atoms with Crippen LogP contribution in [0.2, 0.25) is 5.02 Å². The van der Waals surface area contributed by atoms with Gasteiger partial charge in [0.1, 0.15) is 11.6 Å². The van der Waals surface area contributed by atoms with Crippen LogP contribution in [0, 0.1) is 5.82 Å². The minimum Gasteiger partial charge on any atom is -0.388 e. The molecule has 1 aromatic heterocycles. The summed E-state index contributed by atoms with van der Waals surface area (Å²) in [5.74, 6) is 0.102. The maximum Gasteiger partial charge on any atom is 0.142 e. The predicted molar refractivity (Wildman–Crippen MR) is 58.7 cm³/mol. The summed E-state index contributed by atoms with van der Waals surface area (Å²) in [6, 6.07) is 4.37. The number of nitrogens with zero attached hydrogens (tertiary/aromatic N) is 1. The fraction of sp³-hybridized carbons (Fsp3) is 0.182. The third-order valence-electron chi connectivity index (χ3n) is 2.28. The maximum atomic E-state index is 13.2. The minimum absolute atomic E-state index is 0.0402. The molecule has 16 heavy (non-hydrogen) atoms. The van der Waals surface area contributed by atoms with Crippen LogP contribution in [0.25, 0.3) is 0 Å². The molecule has 0 bridgehead atoms. The second kappa shape index (κ2) is 4.63. The fourth-order valence-electron chi connectivity index (χ4n) is 1.48. The van der Waals surface area contributed by atoms with Gasteiger partial charge in [-0.3, -0.25) is 0 Å². The molecule has 0 aliphatic rings. The Labute approximate surface area is 96.9 Å². The molecule has 2 aromatic rings. The molecule has 3 nitrogen and oxygen atoms in total. The van der Waals surface area contributed by atoms with Crippen LogP contribution in [0.15, 0.2) is 30.6 Å². The van der Waals surface area contributed by atoms with Gasteiger partial charge in [-0.25, -0.2) is 9.37 Å². The Balaban J connectivity index is 2.21. The molecular formula is C11H10ClFN2O. The van der Waals surface area contributed by atoms with E-state index in [9.17, 15) is 9.50 Å². The summed E-state index contributed by atoms with van der Waals surface area (Å²) in [6.45, 7) is 0. The Bertz CT molecular complexity index is 473. The van der Waals surface area contributed by atoms with E-state index in [0.29, 0.717) is 11.4 Å². The number of H-pyrrole nitrogens is 1. The summed E-state index contributed by atoms with van der Waals surface area (Å²) in [7, 11) is 0. The quantitative estimate of drug-likeness (QED) is 0.866. The van der Waals surface area contributed by atoms with Crippen molar-refractivity contribution in [2.75, 3.05) is 0 Å². The van der Waals surface area contributed by atoms with Crippen LogP contribution in [0.1, 0.15) is 17.5 Å². The maximum absolute atomic E-state index is 13.2. The SMILES string of the molecule is OC(Cc1ncc[nH]1)c1cccc(F)c1Cl. The molecule has 2 rings (SSSR count). The Hall–Kier alpha value is -1.39. The molecule has 0 spiro atoms. The van der Waals surface area contributed by atoms with E-state index >= 15 is 0 Å². The number of benzene rings is 1. The Kier molecular flexibility index (Phi) is 3.22. The van der Waals surface area contributed by atoms with Gasteiger partial charge in [-0.2, -0.15) is 0 Å². The molecule has 1 aromatic carbocycles. The van der Waals surface area contributed by atoms with Crippen LogP contribution in [-0.4, -0.2) is 15.1 Å². The monoisotopic (exact) mass is 240 g/mol. The molecule has 0 aliphatic heterocycles. The topological polar surface area (TPSA) is 48.9 Å². The van der Waals surface area contributed by atoms with E-state index in [1.807, 2.05) is 0 Å². The largest absolute Gasteiger partial charge is 0.388 e. The molecule has 1 heterocycles. The van der Waals surface area contributed by atoms with Gasteiger partial charge >= 0.3 is 0 Å². The zero-order chi connectivity index (χ0) is 11.5. The third-order valence-corrected chi connectivity index (χ3v) is 2.68. The van der Waals surface area contributed by atoms with Gasteiger partial charge in [-0.1, -0.05) is 23.7 Å². The Morgan fingerprint density at radius 3 is 3.00 bits per heavy atom. The third kappa shape index (κ3) is 2.23. The van der Waals surface area contributed by atoms with E-state index in [2.05, 4.69) is 9.97 Å². The number of nitrogens with one attached hydrogen (secondary N) is 1. The van der Waals surface area contributed by atoms with Crippen molar-refractivity contribution in [3.63, 3.8) is 0 Å². The number of halogens is 2. The lowest BCUT2D eigenvalue weighted by Crippen LogP contribution is -2.04. The van der Waals surface area contributed by atoms with Crippen LogP contribution >= 0.6 is 11.6 Å². The number of hydrogen-bond acceptors (Lipinski definition) is 2. The summed E-state index contributed by atoms with van der Waals surface area (Å²) in [4.78, 5) is 6.85. The zero-order valence-corrected chi connectivity index (χ0v) is 9.08. The molecule has 1 atom stereocenters. The number of rotatable bonds is 3. The number of aromatic amines is 1. The van der Waals surface area contributed by atoms with Crippen LogP contribution in [-0.2, 0) is 6.42 Å². The van der Waals surface area contributed by atoms with Crippen molar-refractivity contribution in [2.45, 2.75) is 12.5 Å². The second-order valence-corrected chi connectivity index (χ2v) is 3.78. The molecule has 0 aliphatic carbocycles. The van der Waals surface area contributed by atoms with Crippen LogP contribution in [0.3, 0.4) is 0 Å². The Morgan fingerprint density at radius 2 is 2.31 bits per heavy atom. The first-order valence-corrected chi connectivity index (χ1v) is 5.16. The van der Waals surface area contributed by atoms with Gasteiger partial charge in [0.05, 0.1) is 11.1 Å². The smallest absolute Gasteiger partial charge is 0.142 e. The van der Waals surface area contributed by atoms with Gasteiger partial charge in [-0.05, 0) is 6.07 Å². The van der Waals surface area contributed by atoms with E-state index in [1.54, 1.807) is 18.5 Å². The summed E-state index contributed by atoms with van der Waals surface area (Å²) < 4.78 is 13.2. The van der Waals surface area contributed by atoms with Crippen molar-refractivity contribution in [1.82, 2.24) is 9.97 Å². The Morgan fingerprint density at radius 1 is 1.50 bits per heavy atom. The van der Waals surface area contributed by atoms with Crippen molar-refractivity contribution in [2.24, 2.45) is 0 Å². The lowest BCUT2D eigenvalue weighted by molar-refractivity contribution is 0.176. The number of hydrogen-bond donors (Lipinski definition) is 2. The first-order valence-electron chi connectivity index (χ1n) is 4.78. The second-order valence-electron chi connectivity index (χ2n) is 3.40. The van der Waals surface area contributed by atoms with Gasteiger partial charge in [0.15, 0.2) is 0 Å². The average molecular weight is 241 g/mol. The summed E-state index contributed by atoms with van der Waals surface area (Å²) in [6.07, 6.45) is 2.66. The van der Waals surface area contributed by atoms with Crippen molar-refractivity contribution < 1.29 is 9.50 Å². The molecule has 2 N–H and O–H groups in total. The standard InChI is InChI=1S/C11H10ClFN2O/c12-11-7(2-1-3-8(11)13)9(16)6-10-14-4-5-15-10/h1-5,9,16H,6H2,(H,14,15). The van der Waals surface area contributed by atoms with E-state index in [-0.39, 0.29) is 11.4 Å². The highest BCUT2D eigenvalue weighted by atomic mass is 35.5. The summed E-state index contributed by atoms with van der Waals surface area (Å²) >= 11 is 5.76. The van der Waals surface area contributed by atoms with Crippen molar-refractivity contribution >= 4 is 11.6 Å². The van der Waals surface area contributed by atoms with E-state index in [4.69, 9.17) is 11.6 Å². The predicted octanol–water partition coefficient (Wildman–Crippen LogP) is 2.48. The molecule has 0 saturated carbocycles. The van der Waals surface area contributed by atoms with Crippen LogP contribution in [0.4, 0.5) is 4.39 Å². The first-order chi connectivity index (χ1) is 7.68. The normalized spacial score (nSPS) is 12.7. The van der Waals surface area contributed by atoms with E-state index in [1.165, 1.54) is 12.1 Å². The number of aromatic nitrogens is 2. The van der Waals surface area contributed by atoms with Gasteiger partial charge in [0.25, 0.3) is 0 Å². The fourth-order valence-corrected chi connectivity index (χ4v) is 1.73. The number of imidazole rings is 1. The summed E-state index contributed by atoms with van der Waals surface area (Å²) in [5.41, 5.74) is 0.373. The molecule has 0 fully saturated rings. The first kappa shape index (κ1) is 11.1. The molecule has 0 amide bonds. The highest BCUT2D eigenvalue weighted by Gasteiger charge is 2.15. The molecule has 1 unspecified atom stereocenters. The molecule has 5 heteroatoms. The van der Waals surface area contributed by atoms with Gasteiger partial charge in [0, 0.05) is 24.4 Å². The van der Waals surface area contributed by atoms with Crippen molar-refractivity contribution in [3.8, 4) is 0 Å². The van der Waals surface area contributed by atoms with E-state index in [0.717, 1.165) is 0 Å². The lowest BCUT2D eigenvalue weighted by atomic mass is 10.1. The summed E-state index contributed by atoms with van der Waals surface area (Å²) in [5, 5.41) is 9.85. The minimum atomic E-state index is -0.866. The zero-order valence-electron chi connectivity index (χ0n) is 8.32. The molecule has 0 radical (unpaired) electrons. The van der Waals surface area contributed by atoms with Gasteiger partial charge < -0.3 is 10.1 Å². The molecule has 0 saturated heterocycles. The average Bonchev–Trinajstić information content (AvgIpc) is 2.74. The number of aliphatic hydroxyl groups excluding tert-OH is 1. The van der Waals surface area contributed by atoms with Gasteiger partial charge in [0.2, 0.25) is 0 Å². The van der Waals surface area contributed by atoms with Crippen LogP contribution in [0.5, 0.6) is 0 Å². The van der Waals surface area contributed by atoms with Crippen molar-refractivity contribution in [1.29, 1.82) is 0 Å².